The van der Waals surface area contributed by atoms with Crippen LogP contribution in [0.3, 0.4) is 0 Å². The zero-order chi connectivity index (χ0) is 14.5. The van der Waals surface area contributed by atoms with Crippen LogP contribution in [0, 0.1) is 11.3 Å². The van der Waals surface area contributed by atoms with Crippen LogP contribution in [0.4, 0.5) is 0 Å². The van der Waals surface area contributed by atoms with Crippen LogP contribution in [0.2, 0.25) is 0 Å². The number of hydrogen-bond acceptors (Lipinski definition) is 4. The van der Waals surface area contributed by atoms with E-state index in [0.717, 1.165) is 11.1 Å². The van der Waals surface area contributed by atoms with Crippen LogP contribution >= 0.6 is 0 Å². The van der Waals surface area contributed by atoms with Gasteiger partial charge in [0.15, 0.2) is 11.5 Å². The lowest BCUT2D eigenvalue weighted by Crippen LogP contribution is -1.95. The third-order valence-electron chi connectivity index (χ3n) is 3.01. The van der Waals surface area contributed by atoms with E-state index < -0.39 is 0 Å². The topological polar surface area (TPSA) is 51.5 Å². The Balaban J connectivity index is 2.53. The van der Waals surface area contributed by atoms with Crippen molar-refractivity contribution in [1.29, 1.82) is 5.26 Å². The zero-order valence-electron chi connectivity index (χ0n) is 11.6. The van der Waals surface area contributed by atoms with Crippen LogP contribution in [0.15, 0.2) is 36.4 Å². The van der Waals surface area contributed by atoms with Crippen molar-refractivity contribution in [3.8, 4) is 34.4 Å². The molecule has 0 heterocycles. The van der Waals surface area contributed by atoms with Gasteiger partial charge in [-0.3, -0.25) is 0 Å². The number of nitrogens with zero attached hydrogens (tertiary/aromatic N) is 1. The number of ether oxygens (including phenoxy) is 3. The van der Waals surface area contributed by atoms with E-state index in [1.54, 1.807) is 33.5 Å². The molecule has 4 heteroatoms. The minimum absolute atomic E-state index is 0.562. The highest BCUT2D eigenvalue weighted by Gasteiger charge is 2.13. The van der Waals surface area contributed by atoms with Gasteiger partial charge in [-0.25, -0.2) is 0 Å². The van der Waals surface area contributed by atoms with Gasteiger partial charge in [-0.2, -0.15) is 5.26 Å². The number of nitriles is 1. The maximum absolute atomic E-state index is 8.83. The van der Waals surface area contributed by atoms with Gasteiger partial charge >= 0.3 is 0 Å². The molecule has 0 bridgehead atoms. The molecule has 0 atom stereocenters. The van der Waals surface area contributed by atoms with E-state index in [-0.39, 0.29) is 0 Å². The summed E-state index contributed by atoms with van der Waals surface area (Å²) in [4.78, 5) is 0. The molecule has 0 saturated heterocycles. The van der Waals surface area contributed by atoms with Crippen LogP contribution in [-0.4, -0.2) is 21.3 Å². The van der Waals surface area contributed by atoms with Crippen LogP contribution < -0.4 is 14.2 Å². The van der Waals surface area contributed by atoms with Gasteiger partial charge in [0.05, 0.1) is 33.0 Å². The first-order chi connectivity index (χ1) is 9.73. The van der Waals surface area contributed by atoms with Crippen molar-refractivity contribution in [3.05, 3.63) is 42.0 Å². The highest BCUT2D eigenvalue weighted by molar-refractivity contribution is 5.71. The molecule has 102 valence electrons. The molecule has 0 saturated carbocycles. The standard InChI is InChI=1S/C16H15NO3/c1-18-14-8-13(9-15(19-2)16(14)20-3)12-6-4-11(10-17)5-7-12/h4-9H,1-3H3. The maximum Gasteiger partial charge on any atom is 0.203 e. The van der Waals surface area contributed by atoms with E-state index in [2.05, 4.69) is 6.07 Å². The highest BCUT2D eigenvalue weighted by atomic mass is 16.5. The molecule has 0 unspecified atom stereocenters. The Morgan fingerprint density at radius 2 is 1.35 bits per heavy atom. The Bertz CT molecular complexity index is 617. The zero-order valence-corrected chi connectivity index (χ0v) is 11.6. The monoisotopic (exact) mass is 269 g/mol. The summed E-state index contributed by atoms with van der Waals surface area (Å²) in [5.41, 5.74) is 2.54. The first-order valence-corrected chi connectivity index (χ1v) is 6.04. The SMILES string of the molecule is COc1cc(-c2ccc(C#N)cc2)cc(OC)c1OC. The van der Waals surface area contributed by atoms with E-state index in [4.69, 9.17) is 19.5 Å². The Hall–Kier alpha value is -2.67. The van der Waals surface area contributed by atoms with Gasteiger partial charge in [-0.15, -0.1) is 0 Å². The normalized spacial score (nSPS) is 9.70. The molecule has 0 fully saturated rings. The third-order valence-corrected chi connectivity index (χ3v) is 3.01. The van der Waals surface area contributed by atoms with Crippen molar-refractivity contribution in [1.82, 2.24) is 0 Å². The van der Waals surface area contributed by atoms with Gasteiger partial charge in [-0.05, 0) is 35.4 Å². The number of rotatable bonds is 4. The summed E-state index contributed by atoms with van der Waals surface area (Å²) >= 11 is 0. The fraction of sp³-hybridized carbons (Fsp3) is 0.188. The second-order valence-electron chi connectivity index (χ2n) is 4.10. The second kappa shape index (κ2) is 5.98. The van der Waals surface area contributed by atoms with Crippen molar-refractivity contribution < 1.29 is 14.2 Å². The smallest absolute Gasteiger partial charge is 0.203 e. The van der Waals surface area contributed by atoms with Crippen molar-refractivity contribution in [3.63, 3.8) is 0 Å². The van der Waals surface area contributed by atoms with Crippen LogP contribution in [0.5, 0.6) is 17.2 Å². The predicted molar refractivity (Wildman–Crippen MR) is 76.2 cm³/mol. The molecule has 0 aliphatic heterocycles. The maximum atomic E-state index is 8.83. The average Bonchev–Trinajstić information content (AvgIpc) is 2.53. The third kappa shape index (κ3) is 2.52. The Morgan fingerprint density at radius 1 is 0.800 bits per heavy atom. The summed E-state index contributed by atoms with van der Waals surface area (Å²) in [5, 5.41) is 8.83. The van der Waals surface area contributed by atoms with E-state index in [0.29, 0.717) is 22.8 Å². The van der Waals surface area contributed by atoms with Crippen molar-refractivity contribution in [2.24, 2.45) is 0 Å². The molecule has 0 N–H and O–H groups in total. The predicted octanol–water partition coefficient (Wildman–Crippen LogP) is 3.25. The molecule has 0 aliphatic carbocycles. The summed E-state index contributed by atoms with van der Waals surface area (Å²) < 4.78 is 15.9. The summed E-state index contributed by atoms with van der Waals surface area (Å²) in [7, 11) is 4.74. The molecular weight excluding hydrogens is 254 g/mol. The van der Waals surface area contributed by atoms with E-state index in [1.165, 1.54) is 0 Å². The summed E-state index contributed by atoms with van der Waals surface area (Å²) in [6, 6.07) is 13.2. The summed E-state index contributed by atoms with van der Waals surface area (Å²) in [6.07, 6.45) is 0. The quantitative estimate of drug-likeness (QED) is 0.855. The number of hydrogen-bond donors (Lipinski definition) is 0. The molecule has 4 nitrogen and oxygen atoms in total. The Kier molecular flexibility index (Phi) is 4.11. The molecule has 2 aromatic rings. The first-order valence-electron chi connectivity index (χ1n) is 6.04. The molecular formula is C16H15NO3. The van der Waals surface area contributed by atoms with Gasteiger partial charge in [0.25, 0.3) is 0 Å². The minimum atomic E-state index is 0.562. The molecule has 0 amide bonds. The molecule has 0 aromatic heterocycles. The molecule has 20 heavy (non-hydrogen) atoms. The fourth-order valence-corrected chi connectivity index (χ4v) is 1.98. The van der Waals surface area contributed by atoms with Gasteiger partial charge in [-0.1, -0.05) is 12.1 Å². The Morgan fingerprint density at radius 3 is 1.75 bits per heavy atom. The molecule has 2 aromatic carbocycles. The second-order valence-corrected chi connectivity index (χ2v) is 4.10. The van der Waals surface area contributed by atoms with Crippen LogP contribution in [0.1, 0.15) is 5.56 Å². The first kappa shape index (κ1) is 13.8. The fourth-order valence-electron chi connectivity index (χ4n) is 1.98. The van der Waals surface area contributed by atoms with E-state index in [9.17, 15) is 0 Å². The molecule has 0 spiro atoms. The van der Waals surface area contributed by atoms with Crippen LogP contribution in [0.25, 0.3) is 11.1 Å². The van der Waals surface area contributed by atoms with Gasteiger partial charge in [0, 0.05) is 0 Å². The van der Waals surface area contributed by atoms with Crippen molar-refractivity contribution in [2.75, 3.05) is 21.3 Å². The molecule has 0 radical (unpaired) electrons. The Labute approximate surface area is 118 Å². The van der Waals surface area contributed by atoms with E-state index >= 15 is 0 Å². The average molecular weight is 269 g/mol. The van der Waals surface area contributed by atoms with E-state index in [1.807, 2.05) is 24.3 Å². The minimum Gasteiger partial charge on any atom is -0.493 e. The van der Waals surface area contributed by atoms with Crippen molar-refractivity contribution >= 4 is 0 Å². The lowest BCUT2D eigenvalue weighted by molar-refractivity contribution is 0.324. The lowest BCUT2D eigenvalue weighted by Gasteiger charge is -2.14. The number of methoxy groups -OCH3 is 3. The summed E-state index contributed by atoms with van der Waals surface area (Å²) in [6.45, 7) is 0. The summed E-state index contributed by atoms with van der Waals surface area (Å²) in [5.74, 6) is 1.77. The van der Waals surface area contributed by atoms with Gasteiger partial charge in [0.1, 0.15) is 0 Å². The lowest BCUT2D eigenvalue weighted by atomic mass is 10.0. The molecule has 0 aliphatic rings. The largest absolute Gasteiger partial charge is 0.493 e. The highest BCUT2D eigenvalue weighted by Crippen LogP contribution is 2.41. The molecule has 2 rings (SSSR count). The number of benzene rings is 2. The van der Waals surface area contributed by atoms with Gasteiger partial charge < -0.3 is 14.2 Å². The van der Waals surface area contributed by atoms with Crippen LogP contribution in [-0.2, 0) is 0 Å². The van der Waals surface area contributed by atoms with Gasteiger partial charge in [0.2, 0.25) is 5.75 Å². The van der Waals surface area contributed by atoms with Crippen molar-refractivity contribution in [2.45, 2.75) is 0 Å².